The number of carbonyl (C=O) groups excluding carboxylic acids is 2. The van der Waals surface area contributed by atoms with Crippen molar-refractivity contribution in [1.82, 2.24) is 20.0 Å². The minimum atomic E-state index is -0.952. The van der Waals surface area contributed by atoms with E-state index >= 15 is 0 Å². The summed E-state index contributed by atoms with van der Waals surface area (Å²) in [5.74, 6) is 0.425. The van der Waals surface area contributed by atoms with E-state index < -0.39 is 17.6 Å². The first-order valence-electron chi connectivity index (χ1n) is 12.8. The first kappa shape index (κ1) is 26.2. The van der Waals surface area contributed by atoms with Crippen LogP contribution in [0.2, 0.25) is 0 Å². The Hall–Kier alpha value is -2.91. The predicted octanol–water partition coefficient (Wildman–Crippen LogP) is 1.44. The van der Waals surface area contributed by atoms with Gasteiger partial charge in [0.25, 0.3) is 5.91 Å². The largest absolute Gasteiger partial charge is 0.483 e. The fourth-order valence-electron chi connectivity index (χ4n) is 5.49. The van der Waals surface area contributed by atoms with Gasteiger partial charge in [0.2, 0.25) is 5.91 Å². The van der Waals surface area contributed by atoms with E-state index in [1.807, 2.05) is 48.7 Å². The molecule has 3 heterocycles. The van der Waals surface area contributed by atoms with Crippen LogP contribution in [0.5, 0.6) is 5.75 Å². The number of nitrogens with zero attached hydrogens (tertiary/aromatic N) is 3. The number of benzene rings is 1. The van der Waals surface area contributed by atoms with Gasteiger partial charge in [-0.3, -0.25) is 14.3 Å². The number of fused-ring (bicyclic) bond motifs is 1. The van der Waals surface area contributed by atoms with Crippen molar-refractivity contribution in [2.75, 3.05) is 26.2 Å². The molecule has 3 N–H and O–H groups in total. The third-order valence-corrected chi connectivity index (χ3v) is 7.93. The quantitative estimate of drug-likeness (QED) is 0.590. The molecule has 1 fully saturated rings. The number of aliphatic hydroxyl groups excluding tert-OH is 2. The third-order valence-electron chi connectivity index (χ3n) is 7.93. The molecule has 0 aliphatic carbocycles. The fraction of sp³-hybridized carbons (Fsp3) is 0.593. The number of aromatic nitrogens is 2. The van der Waals surface area contributed by atoms with Gasteiger partial charge in [-0.15, -0.1) is 0 Å². The molecule has 9 heteroatoms. The lowest BCUT2D eigenvalue weighted by atomic mass is 9.73. The van der Waals surface area contributed by atoms with E-state index in [4.69, 9.17) is 4.74 Å². The molecule has 2 aliphatic heterocycles. The Labute approximate surface area is 212 Å². The van der Waals surface area contributed by atoms with Gasteiger partial charge >= 0.3 is 0 Å². The second-order valence-corrected chi connectivity index (χ2v) is 10.4. The standard InChI is InChI=1S/C27H38N4O5/c1-18-21(19(2)30(3)29-18)8-9-26(35)31-12-10-27(11-13-31)15-23(33)22(32)14-20-6-4-5-7-24(20)36-16-25(34)28-17-27/h4-7,22-23,32-33H,8-17H2,1-3H3,(H,28,34)/t22-,23+/m0/s1. The maximum absolute atomic E-state index is 13.0. The molecular weight excluding hydrogens is 460 g/mol. The number of piperidine rings is 1. The molecule has 36 heavy (non-hydrogen) atoms. The number of para-hydroxylation sites is 1. The smallest absolute Gasteiger partial charge is 0.257 e. The molecule has 2 aromatic rings. The zero-order chi connectivity index (χ0) is 25.9. The van der Waals surface area contributed by atoms with Gasteiger partial charge in [0, 0.05) is 45.2 Å². The fourth-order valence-corrected chi connectivity index (χ4v) is 5.49. The second-order valence-electron chi connectivity index (χ2n) is 10.4. The van der Waals surface area contributed by atoms with Crippen LogP contribution in [0.1, 0.15) is 48.2 Å². The molecule has 0 radical (unpaired) electrons. The van der Waals surface area contributed by atoms with E-state index in [9.17, 15) is 19.8 Å². The number of hydrogen-bond acceptors (Lipinski definition) is 6. The summed E-state index contributed by atoms with van der Waals surface area (Å²) in [7, 11) is 1.91. The van der Waals surface area contributed by atoms with E-state index in [-0.39, 0.29) is 24.8 Å². The molecule has 1 aromatic carbocycles. The summed E-state index contributed by atoms with van der Waals surface area (Å²) in [4.78, 5) is 27.4. The van der Waals surface area contributed by atoms with Crippen LogP contribution in [0.15, 0.2) is 24.3 Å². The second kappa shape index (κ2) is 11.0. The van der Waals surface area contributed by atoms with E-state index in [0.29, 0.717) is 57.5 Å². The predicted molar refractivity (Wildman–Crippen MR) is 135 cm³/mol. The monoisotopic (exact) mass is 498 g/mol. The highest BCUT2D eigenvalue weighted by atomic mass is 16.5. The maximum Gasteiger partial charge on any atom is 0.257 e. The topological polar surface area (TPSA) is 117 Å². The molecule has 2 aliphatic rings. The number of rotatable bonds is 3. The van der Waals surface area contributed by atoms with E-state index in [1.54, 1.807) is 6.07 Å². The number of aryl methyl sites for hydroxylation is 2. The Morgan fingerprint density at radius 3 is 2.61 bits per heavy atom. The highest BCUT2D eigenvalue weighted by Gasteiger charge is 2.39. The Morgan fingerprint density at radius 2 is 1.92 bits per heavy atom. The summed E-state index contributed by atoms with van der Waals surface area (Å²) < 4.78 is 7.55. The minimum absolute atomic E-state index is 0.107. The summed E-state index contributed by atoms with van der Waals surface area (Å²) in [6, 6.07) is 7.26. The Kier molecular flexibility index (Phi) is 8.00. The first-order chi connectivity index (χ1) is 17.2. The van der Waals surface area contributed by atoms with Crippen molar-refractivity contribution < 1.29 is 24.5 Å². The average Bonchev–Trinajstić information content (AvgIpc) is 3.10. The van der Waals surface area contributed by atoms with Crippen LogP contribution in [0.25, 0.3) is 0 Å². The lowest BCUT2D eigenvalue weighted by molar-refractivity contribution is -0.134. The summed E-state index contributed by atoms with van der Waals surface area (Å²) >= 11 is 0. The van der Waals surface area contributed by atoms with Gasteiger partial charge < -0.3 is 25.2 Å². The summed E-state index contributed by atoms with van der Waals surface area (Å²) in [6.45, 7) is 5.37. The molecule has 9 nitrogen and oxygen atoms in total. The molecule has 4 rings (SSSR count). The molecule has 1 spiro atoms. The molecule has 0 bridgehead atoms. The van der Waals surface area contributed by atoms with Crippen molar-refractivity contribution in [2.24, 2.45) is 12.5 Å². The number of nitrogens with one attached hydrogen (secondary N) is 1. The van der Waals surface area contributed by atoms with Crippen molar-refractivity contribution in [1.29, 1.82) is 0 Å². The Morgan fingerprint density at radius 1 is 1.19 bits per heavy atom. The van der Waals surface area contributed by atoms with Gasteiger partial charge in [0.05, 0.1) is 17.9 Å². The van der Waals surface area contributed by atoms with Crippen molar-refractivity contribution in [2.45, 2.75) is 64.6 Å². The van der Waals surface area contributed by atoms with Crippen LogP contribution in [0.3, 0.4) is 0 Å². The van der Waals surface area contributed by atoms with Crippen molar-refractivity contribution >= 4 is 11.8 Å². The normalized spacial score (nSPS) is 22.7. The van der Waals surface area contributed by atoms with Gasteiger partial charge in [-0.1, -0.05) is 18.2 Å². The third kappa shape index (κ3) is 5.90. The SMILES string of the molecule is Cc1nn(C)c(C)c1CCC(=O)N1CCC2(CC1)CNC(=O)COc1ccccc1C[C@H](O)[C@H](O)C2. The number of carbonyl (C=O) groups is 2. The van der Waals surface area contributed by atoms with Crippen molar-refractivity contribution in [3.05, 3.63) is 46.8 Å². The van der Waals surface area contributed by atoms with E-state index in [0.717, 1.165) is 22.5 Å². The summed E-state index contributed by atoms with van der Waals surface area (Å²) in [5.41, 5.74) is 3.53. The Balaban J connectivity index is 1.40. The molecule has 0 saturated carbocycles. The van der Waals surface area contributed by atoms with Crippen LogP contribution in [0, 0.1) is 19.3 Å². The van der Waals surface area contributed by atoms with Gasteiger partial charge in [-0.05, 0) is 62.1 Å². The zero-order valence-corrected chi connectivity index (χ0v) is 21.5. The first-order valence-corrected chi connectivity index (χ1v) is 12.8. The van der Waals surface area contributed by atoms with Gasteiger partial charge in [-0.25, -0.2) is 0 Å². The van der Waals surface area contributed by atoms with Gasteiger partial charge in [0.1, 0.15) is 5.75 Å². The zero-order valence-electron chi connectivity index (χ0n) is 21.5. The lowest BCUT2D eigenvalue weighted by Gasteiger charge is -2.43. The number of aliphatic hydroxyl groups is 2. The molecule has 196 valence electrons. The number of ether oxygens (including phenoxy) is 1. The van der Waals surface area contributed by atoms with Crippen LogP contribution >= 0.6 is 0 Å². The summed E-state index contributed by atoms with van der Waals surface area (Å²) in [5, 5.41) is 29.1. The Bertz CT molecular complexity index is 1090. The van der Waals surface area contributed by atoms with Crippen LogP contribution in [-0.2, 0) is 29.5 Å². The molecule has 2 atom stereocenters. The van der Waals surface area contributed by atoms with E-state index in [2.05, 4.69) is 10.4 Å². The van der Waals surface area contributed by atoms with Crippen molar-refractivity contribution in [3.63, 3.8) is 0 Å². The molecule has 1 saturated heterocycles. The lowest BCUT2D eigenvalue weighted by Crippen LogP contribution is -2.51. The summed E-state index contributed by atoms with van der Waals surface area (Å²) in [6.07, 6.45) is 1.07. The number of amides is 2. The number of likely N-dealkylation sites (tertiary alicyclic amines) is 1. The highest BCUT2D eigenvalue weighted by molar-refractivity contribution is 5.78. The average molecular weight is 499 g/mol. The molecule has 0 unspecified atom stereocenters. The van der Waals surface area contributed by atoms with E-state index in [1.165, 1.54) is 0 Å². The van der Waals surface area contributed by atoms with Gasteiger partial charge in [0.15, 0.2) is 6.61 Å². The van der Waals surface area contributed by atoms with Gasteiger partial charge in [-0.2, -0.15) is 5.10 Å². The minimum Gasteiger partial charge on any atom is -0.483 e. The number of hydrogen-bond donors (Lipinski definition) is 3. The molecular formula is C27H38N4O5. The van der Waals surface area contributed by atoms with Crippen molar-refractivity contribution in [3.8, 4) is 5.75 Å². The van der Waals surface area contributed by atoms with Crippen LogP contribution in [0.4, 0.5) is 0 Å². The maximum atomic E-state index is 13.0. The van der Waals surface area contributed by atoms with Crippen LogP contribution < -0.4 is 10.1 Å². The molecule has 2 amide bonds. The van der Waals surface area contributed by atoms with Crippen LogP contribution in [-0.4, -0.2) is 75.2 Å². The molecule has 1 aromatic heterocycles. The highest BCUT2D eigenvalue weighted by Crippen LogP contribution is 2.37.